The molecule has 0 bridgehead atoms. The second-order valence-corrected chi connectivity index (χ2v) is 3.59. The van der Waals surface area contributed by atoms with E-state index in [-0.39, 0.29) is 5.63 Å². The van der Waals surface area contributed by atoms with Crippen LogP contribution < -0.4 is 5.63 Å². The fraction of sp³-hybridized carbons (Fsp3) is 0.167. The summed E-state index contributed by atoms with van der Waals surface area (Å²) in [4.78, 5) is 25.0. The normalized spacial score (nSPS) is 10.1. The molecule has 0 unspecified atom stereocenters. The maximum Gasteiger partial charge on any atom is 0.336 e. The van der Waals surface area contributed by atoms with E-state index in [1.54, 1.807) is 19.1 Å². The molecule has 4 heteroatoms. The highest BCUT2D eigenvalue weighted by molar-refractivity contribution is 5.84. The van der Waals surface area contributed by atoms with Crippen LogP contribution in [-0.2, 0) is 4.79 Å². The zero-order valence-corrected chi connectivity index (χ0v) is 8.90. The molecule has 0 spiro atoms. The summed E-state index contributed by atoms with van der Waals surface area (Å²) in [5, 5.41) is 0.777. The number of aryl methyl sites for hydroxylation is 2. The van der Waals surface area contributed by atoms with Crippen LogP contribution >= 0.6 is 0 Å². The monoisotopic (exact) mass is 215 g/mol. The standard InChI is InChI=1S/C12H9NO3/c1-7-4-12(15)16-11-3-8(2)10(13-6-14)5-9(7)11/h3-5H,1-2H3. The summed E-state index contributed by atoms with van der Waals surface area (Å²) >= 11 is 0. The van der Waals surface area contributed by atoms with E-state index in [2.05, 4.69) is 4.99 Å². The molecule has 0 saturated carbocycles. The first kappa shape index (κ1) is 10.3. The van der Waals surface area contributed by atoms with E-state index in [0.717, 1.165) is 16.5 Å². The van der Waals surface area contributed by atoms with E-state index < -0.39 is 0 Å². The van der Waals surface area contributed by atoms with Crippen LogP contribution in [0.3, 0.4) is 0 Å². The van der Waals surface area contributed by atoms with Crippen LogP contribution in [0, 0.1) is 13.8 Å². The van der Waals surface area contributed by atoms with Crippen molar-refractivity contribution in [3.63, 3.8) is 0 Å². The van der Waals surface area contributed by atoms with Gasteiger partial charge in [0.25, 0.3) is 0 Å². The number of fused-ring (bicyclic) bond motifs is 1. The summed E-state index contributed by atoms with van der Waals surface area (Å²) < 4.78 is 5.06. The van der Waals surface area contributed by atoms with E-state index >= 15 is 0 Å². The van der Waals surface area contributed by atoms with Crippen LogP contribution in [0.25, 0.3) is 11.0 Å². The highest BCUT2D eigenvalue weighted by atomic mass is 16.4. The Labute approximate surface area is 91.2 Å². The lowest BCUT2D eigenvalue weighted by atomic mass is 10.1. The number of benzene rings is 1. The van der Waals surface area contributed by atoms with E-state index in [1.165, 1.54) is 12.1 Å². The van der Waals surface area contributed by atoms with Gasteiger partial charge in [-0.25, -0.2) is 9.59 Å². The summed E-state index contributed by atoms with van der Waals surface area (Å²) in [5.74, 6) is 0. The fourth-order valence-corrected chi connectivity index (χ4v) is 1.62. The van der Waals surface area contributed by atoms with Gasteiger partial charge in [-0.15, -0.1) is 0 Å². The maximum atomic E-state index is 11.2. The molecule has 2 aromatic rings. The van der Waals surface area contributed by atoms with Gasteiger partial charge in [0.15, 0.2) is 0 Å². The molecule has 2 rings (SSSR count). The van der Waals surface area contributed by atoms with Gasteiger partial charge >= 0.3 is 5.63 Å². The van der Waals surface area contributed by atoms with Crippen molar-refractivity contribution in [2.45, 2.75) is 13.8 Å². The van der Waals surface area contributed by atoms with Crippen LogP contribution in [0.4, 0.5) is 5.69 Å². The van der Waals surface area contributed by atoms with Gasteiger partial charge in [0.1, 0.15) is 5.58 Å². The fourth-order valence-electron chi connectivity index (χ4n) is 1.62. The van der Waals surface area contributed by atoms with Crippen LogP contribution in [0.1, 0.15) is 11.1 Å². The predicted molar refractivity (Wildman–Crippen MR) is 59.7 cm³/mol. The second kappa shape index (κ2) is 3.76. The molecule has 4 nitrogen and oxygen atoms in total. The predicted octanol–water partition coefficient (Wildman–Crippen LogP) is 2.38. The Bertz CT molecular complexity index is 664. The molecule has 0 aliphatic carbocycles. The lowest BCUT2D eigenvalue weighted by Gasteiger charge is -2.03. The van der Waals surface area contributed by atoms with Gasteiger partial charge in [-0.1, -0.05) is 0 Å². The number of rotatable bonds is 1. The summed E-state index contributed by atoms with van der Waals surface area (Å²) in [6, 6.07) is 4.82. The Kier molecular flexibility index (Phi) is 2.43. The molecule has 0 radical (unpaired) electrons. The second-order valence-electron chi connectivity index (χ2n) is 3.59. The Morgan fingerprint density at radius 1 is 1.19 bits per heavy atom. The third-order valence-electron chi connectivity index (χ3n) is 2.43. The third-order valence-corrected chi connectivity index (χ3v) is 2.43. The van der Waals surface area contributed by atoms with Crippen LogP contribution in [0.15, 0.2) is 32.4 Å². The zero-order chi connectivity index (χ0) is 11.7. The van der Waals surface area contributed by atoms with E-state index in [9.17, 15) is 9.59 Å². The lowest BCUT2D eigenvalue weighted by Crippen LogP contribution is -1.97. The Balaban J connectivity index is 2.89. The van der Waals surface area contributed by atoms with Gasteiger partial charge in [-0.05, 0) is 37.1 Å². The van der Waals surface area contributed by atoms with Gasteiger partial charge in [-0.2, -0.15) is 4.99 Å². The highest BCUT2D eigenvalue weighted by Gasteiger charge is 2.06. The number of hydrogen-bond acceptors (Lipinski definition) is 4. The van der Waals surface area contributed by atoms with Crippen molar-refractivity contribution >= 4 is 22.7 Å². The molecule has 1 aromatic carbocycles. The summed E-state index contributed by atoms with van der Waals surface area (Å²) in [5.41, 5.74) is 2.24. The Morgan fingerprint density at radius 2 is 1.94 bits per heavy atom. The number of nitrogens with zero attached hydrogens (tertiary/aromatic N) is 1. The Hall–Kier alpha value is -2.19. The van der Waals surface area contributed by atoms with Crippen molar-refractivity contribution in [1.82, 2.24) is 0 Å². The van der Waals surface area contributed by atoms with Crippen molar-refractivity contribution < 1.29 is 9.21 Å². The minimum atomic E-state index is -0.379. The van der Waals surface area contributed by atoms with Crippen molar-refractivity contribution in [2.24, 2.45) is 4.99 Å². The van der Waals surface area contributed by atoms with Gasteiger partial charge in [-0.3, -0.25) is 0 Å². The molecule has 0 fully saturated rings. The van der Waals surface area contributed by atoms with E-state index in [0.29, 0.717) is 11.3 Å². The molecule has 0 amide bonds. The number of carbonyl (C=O) groups excluding carboxylic acids is 1. The van der Waals surface area contributed by atoms with Crippen LogP contribution in [0.2, 0.25) is 0 Å². The highest BCUT2D eigenvalue weighted by Crippen LogP contribution is 2.26. The van der Waals surface area contributed by atoms with Crippen molar-refractivity contribution in [3.8, 4) is 0 Å². The zero-order valence-electron chi connectivity index (χ0n) is 8.90. The lowest BCUT2D eigenvalue weighted by molar-refractivity contribution is 0.559. The average Bonchev–Trinajstić information content (AvgIpc) is 2.20. The average molecular weight is 215 g/mol. The summed E-state index contributed by atoms with van der Waals surface area (Å²) in [6.07, 6.45) is 1.50. The molecule has 0 saturated heterocycles. The van der Waals surface area contributed by atoms with E-state index in [4.69, 9.17) is 4.42 Å². The van der Waals surface area contributed by atoms with Crippen molar-refractivity contribution in [1.29, 1.82) is 0 Å². The summed E-state index contributed by atoms with van der Waals surface area (Å²) in [7, 11) is 0. The van der Waals surface area contributed by atoms with E-state index in [1.807, 2.05) is 6.92 Å². The number of isocyanates is 1. The third kappa shape index (κ3) is 1.66. The molecule has 1 aromatic heterocycles. The van der Waals surface area contributed by atoms with Gasteiger partial charge < -0.3 is 4.42 Å². The van der Waals surface area contributed by atoms with Gasteiger partial charge in [0.05, 0.1) is 5.69 Å². The molecule has 0 N–H and O–H groups in total. The first-order valence-electron chi connectivity index (χ1n) is 4.75. The minimum absolute atomic E-state index is 0.379. The SMILES string of the molecule is Cc1cc2oc(=O)cc(C)c2cc1N=C=O. The largest absolute Gasteiger partial charge is 0.423 e. The quantitative estimate of drug-likeness (QED) is 0.417. The molecular weight excluding hydrogens is 206 g/mol. The smallest absolute Gasteiger partial charge is 0.336 e. The van der Waals surface area contributed by atoms with Crippen LogP contribution in [0.5, 0.6) is 0 Å². The molecule has 1 heterocycles. The molecule has 16 heavy (non-hydrogen) atoms. The van der Waals surface area contributed by atoms with Crippen molar-refractivity contribution in [3.05, 3.63) is 39.7 Å². The first-order valence-corrected chi connectivity index (χ1v) is 4.75. The van der Waals surface area contributed by atoms with Crippen LogP contribution in [-0.4, -0.2) is 6.08 Å². The molecule has 80 valence electrons. The Morgan fingerprint density at radius 3 is 2.62 bits per heavy atom. The van der Waals surface area contributed by atoms with Gasteiger partial charge in [0.2, 0.25) is 6.08 Å². The molecule has 0 atom stereocenters. The summed E-state index contributed by atoms with van der Waals surface area (Å²) in [6.45, 7) is 3.60. The van der Waals surface area contributed by atoms with Crippen molar-refractivity contribution in [2.75, 3.05) is 0 Å². The first-order chi connectivity index (χ1) is 7.61. The molecule has 0 aliphatic heterocycles. The van der Waals surface area contributed by atoms with Gasteiger partial charge in [0, 0.05) is 11.5 Å². The topological polar surface area (TPSA) is 59.6 Å². The molecular formula is C12H9NO3. The number of hydrogen-bond donors (Lipinski definition) is 0. The molecule has 0 aliphatic rings. The minimum Gasteiger partial charge on any atom is -0.423 e. The maximum absolute atomic E-state index is 11.2. The number of aliphatic imine (C=N–C) groups is 1.